The number of carbonyl (C=O) groups is 1. The van der Waals surface area contributed by atoms with Crippen LogP contribution in [0.25, 0.3) is 0 Å². The van der Waals surface area contributed by atoms with Gasteiger partial charge in [-0.05, 0) is 37.8 Å². The maximum atomic E-state index is 11.8. The lowest BCUT2D eigenvalue weighted by atomic mass is 10.1. The number of hydrogen-bond acceptors (Lipinski definition) is 2. The molecule has 19 heavy (non-hydrogen) atoms. The Labute approximate surface area is 115 Å². The summed E-state index contributed by atoms with van der Waals surface area (Å²) < 4.78 is 5.54. The van der Waals surface area contributed by atoms with Crippen LogP contribution in [-0.4, -0.2) is 12.2 Å². The highest BCUT2D eigenvalue weighted by Gasteiger charge is 2.15. The average Bonchev–Trinajstić information content (AvgIpc) is 2.54. The Balaban J connectivity index is 1.79. The fraction of sp³-hybridized carbons (Fsp3) is 0.562. The van der Waals surface area contributed by atoms with Crippen molar-refractivity contribution in [2.45, 2.75) is 57.5 Å². The van der Waals surface area contributed by atoms with Crippen molar-refractivity contribution < 1.29 is 9.53 Å². The van der Waals surface area contributed by atoms with Gasteiger partial charge in [-0.2, -0.15) is 0 Å². The van der Waals surface area contributed by atoms with Crippen LogP contribution in [-0.2, 0) is 4.74 Å². The van der Waals surface area contributed by atoms with Gasteiger partial charge in [-0.3, -0.25) is 5.32 Å². The van der Waals surface area contributed by atoms with Crippen LogP contribution in [0, 0.1) is 0 Å². The molecule has 0 atom stereocenters. The maximum absolute atomic E-state index is 11.8. The van der Waals surface area contributed by atoms with E-state index in [0.29, 0.717) is 0 Å². The van der Waals surface area contributed by atoms with Crippen molar-refractivity contribution in [1.29, 1.82) is 0 Å². The van der Waals surface area contributed by atoms with Crippen LogP contribution >= 0.6 is 0 Å². The molecule has 0 spiro atoms. The molecule has 1 fully saturated rings. The van der Waals surface area contributed by atoms with Gasteiger partial charge in [-0.15, -0.1) is 0 Å². The molecule has 1 aliphatic carbocycles. The van der Waals surface area contributed by atoms with Crippen LogP contribution in [0.2, 0.25) is 0 Å². The normalized spacial score (nSPS) is 17.9. The summed E-state index contributed by atoms with van der Waals surface area (Å²) in [6.45, 7) is 0. The monoisotopic (exact) mass is 261 g/mol. The maximum Gasteiger partial charge on any atom is 0.411 e. The zero-order valence-electron chi connectivity index (χ0n) is 11.4. The van der Waals surface area contributed by atoms with Crippen LogP contribution in [0.15, 0.2) is 30.3 Å². The lowest BCUT2D eigenvalue weighted by Gasteiger charge is -2.17. The van der Waals surface area contributed by atoms with Crippen LogP contribution < -0.4 is 5.32 Å². The van der Waals surface area contributed by atoms with Gasteiger partial charge in [0.2, 0.25) is 0 Å². The Morgan fingerprint density at radius 3 is 2.16 bits per heavy atom. The Morgan fingerprint density at radius 2 is 1.53 bits per heavy atom. The van der Waals surface area contributed by atoms with Gasteiger partial charge in [0.05, 0.1) is 0 Å². The van der Waals surface area contributed by atoms with E-state index in [4.69, 9.17) is 4.74 Å². The number of amides is 1. The molecule has 2 rings (SSSR count). The fourth-order valence-electron chi connectivity index (χ4n) is 2.53. The molecule has 3 nitrogen and oxygen atoms in total. The summed E-state index contributed by atoms with van der Waals surface area (Å²) in [7, 11) is 0. The number of carbonyl (C=O) groups excluding carboxylic acids is 1. The van der Waals surface area contributed by atoms with Gasteiger partial charge in [0, 0.05) is 5.69 Å². The topological polar surface area (TPSA) is 38.3 Å². The smallest absolute Gasteiger partial charge is 0.411 e. The first kappa shape index (κ1) is 13.9. The van der Waals surface area contributed by atoms with Gasteiger partial charge in [-0.1, -0.05) is 43.9 Å². The van der Waals surface area contributed by atoms with Crippen LogP contribution in [0.3, 0.4) is 0 Å². The Morgan fingerprint density at radius 1 is 0.947 bits per heavy atom. The molecule has 0 aromatic heterocycles. The largest absolute Gasteiger partial charge is 0.446 e. The molecule has 1 aromatic carbocycles. The lowest BCUT2D eigenvalue weighted by molar-refractivity contribution is 0.0975. The summed E-state index contributed by atoms with van der Waals surface area (Å²) in [5, 5.41) is 2.78. The first-order valence-electron chi connectivity index (χ1n) is 7.37. The van der Waals surface area contributed by atoms with Gasteiger partial charge in [0.25, 0.3) is 0 Å². The highest BCUT2D eigenvalue weighted by atomic mass is 16.6. The molecule has 1 aliphatic rings. The van der Waals surface area contributed by atoms with E-state index in [1.807, 2.05) is 30.3 Å². The zero-order valence-corrected chi connectivity index (χ0v) is 11.4. The molecule has 0 unspecified atom stereocenters. The SMILES string of the molecule is O=C(Nc1ccccc1)OC1CCCCCCCC1. The highest BCUT2D eigenvalue weighted by Crippen LogP contribution is 2.19. The van der Waals surface area contributed by atoms with Gasteiger partial charge >= 0.3 is 6.09 Å². The Hall–Kier alpha value is -1.51. The Bertz CT molecular complexity index is 368. The van der Waals surface area contributed by atoms with E-state index in [2.05, 4.69) is 5.32 Å². The van der Waals surface area contributed by atoms with E-state index < -0.39 is 0 Å². The fourth-order valence-corrected chi connectivity index (χ4v) is 2.53. The van der Waals surface area contributed by atoms with Gasteiger partial charge < -0.3 is 4.74 Å². The first-order chi connectivity index (χ1) is 9.34. The van der Waals surface area contributed by atoms with Gasteiger partial charge in [0.1, 0.15) is 6.10 Å². The third-order valence-corrected chi connectivity index (χ3v) is 3.60. The Kier molecular flexibility index (Phi) is 5.73. The summed E-state index contributed by atoms with van der Waals surface area (Å²) in [5.74, 6) is 0. The van der Waals surface area contributed by atoms with E-state index in [1.165, 1.54) is 38.5 Å². The predicted octanol–water partition coefficient (Wildman–Crippen LogP) is 4.74. The van der Waals surface area contributed by atoms with Gasteiger partial charge in [0.15, 0.2) is 0 Å². The molecule has 0 heterocycles. The van der Waals surface area contributed by atoms with Crippen molar-refractivity contribution >= 4 is 11.8 Å². The zero-order chi connectivity index (χ0) is 13.3. The average molecular weight is 261 g/mol. The standard InChI is InChI=1S/C16H23NO2/c18-16(17-14-10-6-5-7-11-14)19-15-12-8-3-1-2-4-9-13-15/h5-7,10-11,15H,1-4,8-9,12-13H2,(H,17,18). The van der Waals surface area contributed by atoms with Crippen LogP contribution in [0.1, 0.15) is 51.4 Å². The number of para-hydroxylation sites is 1. The molecule has 1 amide bonds. The molecule has 1 N–H and O–H groups in total. The van der Waals surface area contributed by atoms with E-state index >= 15 is 0 Å². The minimum atomic E-state index is -0.324. The molecule has 1 aromatic rings. The molecule has 1 saturated carbocycles. The van der Waals surface area contributed by atoms with Crippen LogP contribution in [0.4, 0.5) is 10.5 Å². The van der Waals surface area contributed by atoms with Crippen molar-refractivity contribution in [3.63, 3.8) is 0 Å². The minimum absolute atomic E-state index is 0.0850. The quantitative estimate of drug-likeness (QED) is 0.835. The molecule has 3 heteroatoms. The third kappa shape index (κ3) is 5.33. The third-order valence-electron chi connectivity index (χ3n) is 3.60. The summed E-state index contributed by atoms with van der Waals surface area (Å²) in [4.78, 5) is 11.8. The summed E-state index contributed by atoms with van der Waals surface area (Å²) >= 11 is 0. The van der Waals surface area contributed by atoms with Crippen molar-refractivity contribution in [3.8, 4) is 0 Å². The summed E-state index contributed by atoms with van der Waals surface area (Å²) in [5.41, 5.74) is 0.788. The van der Waals surface area contributed by atoms with Crippen molar-refractivity contribution in [2.24, 2.45) is 0 Å². The van der Waals surface area contributed by atoms with E-state index in [9.17, 15) is 4.79 Å². The molecular formula is C16H23NO2. The highest BCUT2D eigenvalue weighted by molar-refractivity contribution is 5.84. The second-order valence-electron chi connectivity index (χ2n) is 5.22. The van der Waals surface area contributed by atoms with E-state index in [1.54, 1.807) is 0 Å². The van der Waals surface area contributed by atoms with E-state index in [0.717, 1.165) is 18.5 Å². The number of anilines is 1. The van der Waals surface area contributed by atoms with Gasteiger partial charge in [-0.25, -0.2) is 4.79 Å². The van der Waals surface area contributed by atoms with E-state index in [-0.39, 0.29) is 12.2 Å². The second-order valence-corrected chi connectivity index (χ2v) is 5.22. The molecular weight excluding hydrogens is 238 g/mol. The van der Waals surface area contributed by atoms with Crippen LogP contribution in [0.5, 0.6) is 0 Å². The lowest BCUT2D eigenvalue weighted by Crippen LogP contribution is -2.22. The van der Waals surface area contributed by atoms with Crippen molar-refractivity contribution in [1.82, 2.24) is 0 Å². The first-order valence-corrected chi connectivity index (χ1v) is 7.37. The summed E-state index contributed by atoms with van der Waals surface area (Å²) in [6.07, 6.45) is 9.28. The number of benzene rings is 1. The molecule has 104 valence electrons. The molecule has 0 aliphatic heterocycles. The molecule has 0 radical (unpaired) electrons. The predicted molar refractivity (Wildman–Crippen MR) is 77.3 cm³/mol. The number of rotatable bonds is 2. The molecule has 0 bridgehead atoms. The number of hydrogen-bond donors (Lipinski definition) is 1. The second kappa shape index (κ2) is 7.82. The van der Waals surface area contributed by atoms with Crippen molar-refractivity contribution in [2.75, 3.05) is 5.32 Å². The summed E-state index contributed by atoms with van der Waals surface area (Å²) in [6, 6.07) is 9.45. The number of nitrogens with one attached hydrogen (secondary N) is 1. The van der Waals surface area contributed by atoms with Crippen molar-refractivity contribution in [3.05, 3.63) is 30.3 Å². The molecule has 0 saturated heterocycles. The minimum Gasteiger partial charge on any atom is -0.446 e. The number of ether oxygens (including phenoxy) is 1.